The predicted molar refractivity (Wildman–Crippen MR) is 123 cm³/mol. The molecule has 0 unspecified atom stereocenters. The Labute approximate surface area is 193 Å². The van der Waals surface area contributed by atoms with E-state index in [0.717, 1.165) is 29.0 Å². The van der Waals surface area contributed by atoms with Gasteiger partial charge in [0.05, 0.1) is 12.6 Å². The molecule has 1 amide bonds. The first-order chi connectivity index (χ1) is 15.8. The van der Waals surface area contributed by atoms with Crippen molar-refractivity contribution >= 4 is 17.8 Å². The van der Waals surface area contributed by atoms with Crippen LogP contribution in [0, 0.1) is 0 Å². The lowest BCUT2D eigenvalue weighted by atomic mass is 9.95. The maximum atomic E-state index is 13.6. The average molecular weight is 454 g/mol. The van der Waals surface area contributed by atoms with Crippen molar-refractivity contribution in [2.24, 2.45) is 5.73 Å². The molecular formula is C25H31N3O5. The Morgan fingerprint density at radius 1 is 1.00 bits per heavy atom. The third-order valence-corrected chi connectivity index (χ3v) is 6.07. The van der Waals surface area contributed by atoms with Gasteiger partial charge in [0.15, 0.2) is 0 Å². The van der Waals surface area contributed by atoms with Crippen LogP contribution in [0.1, 0.15) is 36.8 Å². The first-order valence-corrected chi connectivity index (χ1v) is 11.1. The second kappa shape index (κ2) is 11.1. The number of carbonyl (C=O) groups excluding carboxylic acids is 2. The van der Waals surface area contributed by atoms with Gasteiger partial charge in [0.25, 0.3) is 5.91 Å². The summed E-state index contributed by atoms with van der Waals surface area (Å²) in [5, 5.41) is 11.1. The number of aliphatic carboxylic acids is 1. The standard InChI is InChI=1S/C25H31N3O5/c1-33-23(31)20(16-18-10-4-2-5-11-18)27-28(24(32)25(26)14-8-9-15-25)21(22(29)30)17-19-12-6-3-7-13-19/h2-7,10-13,20-21,27H,8-9,14-17,26H2,1H3,(H,29,30)/t20-,21-/m0/s1. The van der Waals surface area contributed by atoms with Gasteiger partial charge in [-0.2, -0.15) is 0 Å². The molecule has 0 bridgehead atoms. The summed E-state index contributed by atoms with van der Waals surface area (Å²) in [7, 11) is 1.26. The molecule has 176 valence electrons. The van der Waals surface area contributed by atoms with Gasteiger partial charge >= 0.3 is 11.9 Å². The van der Waals surface area contributed by atoms with E-state index in [1.807, 2.05) is 48.5 Å². The maximum absolute atomic E-state index is 13.6. The number of hydrogen-bond acceptors (Lipinski definition) is 6. The molecule has 0 aromatic heterocycles. The van der Waals surface area contributed by atoms with Crippen molar-refractivity contribution in [2.75, 3.05) is 7.11 Å². The molecule has 4 N–H and O–H groups in total. The number of nitrogens with zero attached hydrogens (tertiary/aromatic N) is 1. The summed E-state index contributed by atoms with van der Waals surface area (Å²) in [6.45, 7) is 0. The van der Waals surface area contributed by atoms with Gasteiger partial charge in [-0.15, -0.1) is 0 Å². The number of methoxy groups -OCH3 is 1. The second-order valence-corrected chi connectivity index (χ2v) is 8.48. The van der Waals surface area contributed by atoms with Crippen LogP contribution in [0.5, 0.6) is 0 Å². The number of rotatable bonds is 10. The molecule has 8 heteroatoms. The number of carbonyl (C=O) groups is 3. The maximum Gasteiger partial charge on any atom is 0.328 e. The highest BCUT2D eigenvalue weighted by atomic mass is 16.5. The van der Waals surface area contributed by atoms with Crippen molar-refractivity contribution in [3.8, 4) is 0 Å². The zero-order valence-electron chi connectivity index (χ0n) is 18.8. The van der Waals surface area contributed by atoms with Crippen LogP contribution in [-0.4, -0.2) is 52.7 Å². The van der Waals surface area contributed by atoms with Gasteiger partial charge in [-0.25, -0.2) is 10.2 Å². The molecular weight excluding hydrogens is 422 g/mol. The number of amides is 1. The van der Waals surface area contributed by atoms with Crippen molar-refractivity contribution < 1.29 is 24.2 Å². The molecule has 2 aromatic rings. The lowest BCUT2D eigenvalue weighted by molar-refractivity contribution is -0.160. The Hall–Kier alpha value is -3.23. The topological polar surface area (TPSA) is 122 Å². The van der Waals surface area contributed by atoms with E-state index in [0.29, 0.717) is 12.8 Å². The molecule has 3 rings (SSSR count). The fourth-order valence-corrected chi connectivity index (χ4v) is 4.22. The van der Waals surface area contributed by atoms with E-state index >= 15 is 0 Å². The van der Waals surface area contributed by atoms with Crippen LogP contribution in [-0.2, 0) is 32.0 Å². The molecule has 1 saturated carbocycles. The molecule has 33 heavy (non-hydrogen) atoms. The van der Waals surface area contributed by atoms with Gasteiger partial charge in [-0.05, 0) is 24.0 Å². The number of carboxylic acid groups (broad SMARTS) is 1. The zero-order valence-corrected chi connectivity index (χ0v) is 18.8. The molecule has 0 aliphatic heterocycles. The lowest BCUT2D eigenvalue weighted by Gasteiger charge is -2.37. The van der Waals surface area contributed by atoms with Gasteiger partial charge in [0, 0.05) is 12.8 Å². The van der Waals surface area contributed by atoms with Crippen LogP contribution in [0.25, 0.3) is 0 Å². The molecule has 0 saturated heterocycles. The third-order valence-electron chi connectivity index (χ3n) is 6.07. The van der Waals surface area contributed by atoms with Crippen molar-refractivity contribution in [1.29, 1.82) is 0 Å². The molecule has 8 nitrogen and oxygen atoms in total. The summed E-state index contributed by atoms with van der Waals surface area (Å²) in [4.78, 5) is 38.6. The number of esters is 1. The highest BCUT2D eigenvalue weighted by Crippen LogP contribution is 2.30. The van der Waals surface area contributed by atoms with Gasteiger partial charge in [-0.3, -0.25) is 14.6 Å². The normalized spacial score (nSPS) is 16.5. The highest BCUT2D eigenvalue weighted by Gasteiger charge is 2.45. The first-order valence-electron chi connectivity index (χ1n) is 11.1. The SMILES string of the molecule is COC(=O)[C@H](Cc1ccccc1)NN(C(=O)C1(N)CCCC1)[C@@H](Cc1ccccc1)C(=O)O. The second-order valence-electron chi connectivity index (χ2n) is 8.48. The van der Waals surface area contributed by atoms with E-state index in [1.165, 1.54) is 7.11 Å². The minimum absolute atomic E-state index is 0.0597. The van der Waals surface area contributed by atoms with Crippen molar-refractivity contribution in [3.63, 3.8) is 0 Å². The van der Waals surface area contributed by atoms with Crippen LogP contribution >= 0.6 is 0 Å². The summed E-state index contributed by atoms with van der Waals surface area (Å²) in [6.07, 6.45) is 2.77. The van der Waals surface area contributed by atoms with Crippen LogP contribution in [0.3, 0.4) is 0 Å². The minimum Gasteiger partial charge on any atom is -0.480 e. The highest BCUT2D eigenvalue weighted by molar-refractivity contribution is 5.90. The van der Waals surface area contributed by atoms with Crippen LogP contribution in [0.4, 0.5) is 0 Å². The Bertz CT molecular complexity index is 945. The van der Waals surface area contributed by atoms with Crippen molar-refractivity contribution in [2.45, 2.75) is 56.1 Å². The summed E-state index contributed by atoms with van der Waals surface area (Å²) >= 11 is 0. The van der Waals surface area contributed by atoms with Crippen LogP contribution in [0.2, 0.25) is 0 Å². The predicted octanol–water partition coefficient (Wildman–Crippen LogP) is 2.07. The molecule has 2 atom stereocenters. The number of nitrogens with two attached hydrogens (primary N) is 1. The fourth-order valence-electron chi connectivity index (χ4n) is 4.22. The van der Waals surface area contributed by atoms with E-state index in [9.17, 15) is 19.5 Å². The van der Waals surface area contributed by atoms with Crippen molar-refractivity contribution in [3.05, 3.63) is 71.8 Å². The minimum atomic E-state index is -1.26. The van der Waals surface area contributed by atoms with Crippen LogP contribution < -0.4 is 11.2 Å². The molecule has 0 spiro atoms. The van der Waals surface area contributed by atoms with E-state index in [4.69, 9.17) is 10.5 Å². The summed E-state index contributed by atoms with van der Waals surface area (Å²) < 4.78 is 4.96. The number of hydrazine groups is 1. The average Bonchev–Trinajstić information content (AvgIpc) is 3.28. The van der Waals surface area contributed by atoms with Gasteiger partial charge < -0.3 is 15.6 Å². The number of carboxylic acids is 1. The molecule has 1 fully saturated rings. The molecule has 0 heterocycles. The van der Waals surface area contributed by atoms with Crippen molar-refractivity contribution in [1.82, 2.24) is 10.4 Å². The quantitative estimate of drug-likeness (QED) is 0.372. The summed E-state index contributed by atoms with van der Waals surface area (Å²) in [6, 6.07) is 16.1. The molecule has 1 aliphatic carbocycles. The fraction of sp³-hybridized carbons (Fsp3) is 0.400. The monoisotopic (exact) mass is 453 g/mol. The van der Waals surface area contributed by atoms with Gasteiger partial charge in [-0.1, -0.05) is 73.5 Å². The number of hydrogen-bond donors (Lipinski definition) is 3. The molecule has 1 aliphatic rings. The lowest BCUT2D eigenvalue weighted by Crippen LogP contribution is -2.65. The first kappa shape index (κ1) is 24.4. The number of ether oxygens (including phenoxy) is 1. The Morgan fingerprint density at radius 3 is 2.00 bits per heavy atom. The van der Waals surface area contributed by atoms with Crippen LogP contribution in [0.15, 0.2) is 60.7 Å². The van der Waals surface area contributed by atoms with E-state index in [-0.39, 0.29) is 12.8 Å². The van der Waals surface area contributed by atoms with E-state index in [1.54, 1.807) is 12.1 Å². The number of nitrogens with one attached hydrogen (secondary N) is 1. The van der Waals surface area contributed by atoms with E-state index < -0.39 is 35.5 Å². The number of benzene rings is 2. The summed E-state index contributed by atoms with van der Waals surface area (Å²) in [5.41, 5.74) is 9.75. The largest absolute Gasteiger partial charge is 0.480 e. The van der Waals surface area contributed by atoms with E-state index in [2.05, 4.69) is 5.43 Å². The third kappa shape index (κ3) is 6.18. The zero-order chi connectivity index (χ0) is 23.8. The molecule has 0 radical (unpaired) electrons. The van der Waals surface area contributed by atoms with Gasteiger partial charge in [0.2, 0.25) is 0 Å². The summed E-state index contributed by atoms with van der Waals surface area (Å²) in [5.74, 6) is -2.31. The smallest absolute Gasteiger partial charge is 0.328 e. The molecule has 2 aromatic carbocycles. The Balaban J connectivity index is 1.95. The van der Waals surface area contributed by atoms with Gasteiger partial charge in [0.1, 0.15) is 12.1 Å². The Kier molecular flexibility index (Phi) is 8.19. The Morgan fingerprint density at radius 2 is 1.52 bits per heavy atom.